The number of thiophene rings is 1. The second kappa shape index (κ2) is 7.30. The van der Waals surface area contributed by atoms with Crippen molar-refractivity contribution in [2.45, 2.75) is 6.92 Å². The van der Waals surface area contributed by atoms with Gasteiger partial charge in [-0.25, -0.2) is 10.2 Å². The van der Waals surface area contributed by atoms with E-state index >= 15 is 0 Å². The second-order valence-electron chi connectivity index (χ2n) is 3.97. The van der Waals surface area contributed by atoms with E-state index in [2.05, 4.69) is 16.2 Å². The number of rotatable bonds is 4. The molecule has 0 atom stereocenters. The minimum absolute atomic E-state index is 0.355. The van der Waals surface area contributed by atoms with E-state index < -0.39 is 6.03 Å². The number of benzene rings is 1. The van der Waals surface area contributed by atoms with Crippen molar-refractivity contribution < 1.29 is 14.3 Å². The molecule has 1 aromatic carbocycles. The van der Waals surface area contributed by atoms with Crippen molar-refractivity contribution in [3.05, 3.63) is 46.7 Å². The Morgan fingerprint density at radius 3 is 2.52 bits per heavy atom. The molecule has 3 amide bonds. The molecule has 1 aromatic heterocycles. The number of hydrogen-bond donors (Lipinski definition) is 3. The van der Waals surface area contributed by atoms with Crippen molar-refractivity contribution in [2.24, 2.45) is 0 Å². The maximum atomic E-state index is 11.6. The smallest absolute Gasteiger partial charge is 0.337 e. The van der Waals surface area contributed by atoms with Crippen molar-refractivity contribution >= 4 is 29.0 Å². The van der Waals surface area contributed by atoms with Gasteiger partial charge >= 0.3 is 6.03 Å². The van der Waals surface area contributed by atoms with Crippen LogP contribution in [0.5, 0.6) is 5.75 Å². The Hall–Kier alpha value is -2.54. The molecule has 2 aromatic rings. The number of hydrogen-bond acceptors (Lipinski definition) is 4. The standard InChI is InChI=1S/C14H15N3O3S/c1-2-20-11-7-5-10(6-8-11)15-14(19)17-16-13(18)12-4-3-9-21-12/h3-9H,2H2,1H3,(H,16,18)(H2,15,17,19). The summed E-state index contributed by atoms with van der Waals surface area (Å²) in [5.41, 5.74) is 5.20. The van der Waals surface area contributed by atoms with Gasteiger partial charge in [0.15, 0.2) is 0 Å². The molecule has 0 aliphatic rings. The second-order valence-corrected chi connectivity index (χ2v) is 4.92. The van der Waals surface area contributed by atoms with E-state index in [1.165, 1.54) is 11.3 Å². The van der Waals surface area contributed by atoms with Crippen LogP contribution in [0, 0.1) is 0 Å². The predicted molar refractivity (Wildman–Crippen MR) is 81.6 cm³/mol. The Labute approximate surface area is 126 Å². The third-order valence-corrected chi connectivity index (χ3v) is 3.33. The average Bonchev–Trinajstić information content (AvgIpc) is 3.01. The molecule has 1 heterocycles. The van der Waals surface area contributed by atoms with Gasteiger partial charge in [-0.3, -0.25) is 10.2 Å². The normalized spacial score (nSPS) is 9.76. The number of ether oxygens (including phenoxy) is 1. The van der Waals surface area contributed by atoms with Gasteiger partial charge in [-0.15, -0.1) is 11.3 Å². The molecule has 0 bridgehead atoms. The highest BCUT2D eigenvalue weighted by atomic mass is 32.1. The highest BCUT2D eigenvalue weighted by molar-refractivity contribution is 7.12. The Kier molecular flexibility index (Phi) is 5.16. The summed E-state index contributed by atoms with van der Waals surface area (Å²) in [5, 5.41) is 4.38. The molecule has 0 spiro atoms. The van der Waals surface area contributed by atoms with Crippen molar-refractivity contribution in [1.29, 1.82) is 0 Å². The maximum absolute atomic E-state index is 11.6. The number of carbonyl (C=O) groups excluding carboxylic acids is 2. The Balaban J connectivity index is 1.80. The Morgan fingerprint density at radius 2 is 1.90 bits per heavy atom. The fourth-order valence-electron chi connectivity index (χ4n) is 1.55. The van der Waals surface area contributed by atoms with Crippen molar-refractivity contribution in [2.75, 3.05) is 11.9 Å². The molecular formula is C14H15N3O3S. The number of anilines is 1. The zero-order valence-corrected chi connectivity index (χ0v) is 12.2. The third kappa shape index (κ3) is 4.50. The van der Waals surface area contributed by atoms with Crippen LogP contribution in [-0.2, 0) is 0 Å². The van der Waals surface area contributed by atoms with Gasteiger partial charge in [-0.2, -0.15) is 0 Å². The summed E-state index contributed by atoms with van der Waals surface area (Å²) in [4.78, 5) is 23.8. The van der Waals surface area contributed by atoms with Crippen molar-refractivity contribution in [1.82, 2.24) is 10.9 Å². The van der Waals surface area contributed by atoms with Gasteiger partial charge < -0.3 is 10.1 Å². The van der Waals surface area contributed by atoms with Gasteiger partial charge in [-0.05, 0) is 42.6 Å². The number of urea groups is 1. The lowest BCUT2D eigenvalue weighted by Crippen LogP contribution is -2.43. The summed E-state index contributed by atoms with van der Waals surface area (Å²) in [5.74, 6) is 0.376. The molecule has 21 heavy (non-hydrogen) atoms. The predicted octanol–water partition coefficient (Wildman–Crippen LogP) is 2.61. The lowest BCUT2D eigenvalue weighted by molar-refractivity contribution is 0.0942. The van der Waals surface area contributed by atoms with Gasteiger partial charge in [-0.1, -0.05) is 6.07 Å². The van der Waals surface area contributed by atoms with Crippen LogP contribution >= 0.6 is 11.3 Å². The van der Waals surface area contributed by atoms with E-state index in [1.807, 2.05) is 6.92 Å². The monoisotopic (exact) mass is 305 g/mol. The van der Waals surface area contributed by atoms with Gasteiger partial charge in [0.05, 0.1) is 11.5 Å². The number of carbonyl (C=O) groups is 2. The quantitative estimate of drug-likeness (QED) is 0.760. The minimum Gasteiger partial charge on any atom is -0.494 e. The molecule has 6 nitrogen and oxygen atoms in total. The molecule has 110 valence electrons. The lowest BCUT2D eigenvalue weighted by Gasteiger charge is -2.09. The summed E-state index contributed by atoms with van der Waals surface area (Å²) in [6, 6.07) is 9.85. The molecule has 0 aliphatic carbocycles. The van der Waals surface area contributed by atoms with Crippen LogP contribution in [0.4, 0.5) is 10.5 Å². The molecule has 0 saturated carbocycles. The molecule has 0 unspecified atom stereocenters. The summed E-state index contributed by atoms with van der Waals surface area (Å²) in [7, 11) is 0. The summed E-state index contributed by atoms with van der Waals surface area (Å²) in [6.07, 6.45) is 0. The number of nitrogens with one attached hydrogen (secondary N) is 3. The van der Waals surface area contributed by atoms with E-state index in [9.17, 15) is 9.59 Å². The van der Waals surface area contributed by atoms with Crippen molar-refractivity contribution in [3.63, 3.8) is 0 Å². The molecule has 0 saturated heterocycles. The van der Waals surface area contributed by atoms with E-state index in [4.69, 9.17) is 4.74 Å². The zero-order chi connectivity index (χ0) is 15.1. The van der Waals surface area contributed by atoms with Gasteiger partial charge in [0, 0.05) is 5.69 Å². The molecule has 0 radical (unpaired) electrons. The Morgan fingerprint density at radius 1 is 1.14 bits per heavy atom. The molecule has 2 rings (SSSR count). The van der Waals surface area contributed by atoms with Gasteiger partial charge in [0.2, 0.25) is 0 Å². The van der Waals surface area contributed by atoms with Crippen LogP contribution in [0.15, 0.2) is 41.8 Å². The fourth-order valence-corrected chi connectivity index (χ4v) is 2.17. The highest BCUT2D eigenvalue weighted by Gasteiger charge is 2.07. The van der Waals surface area contributed by atoms with E-state index in [-0.39, 0.29) is 5.91 Å². The number of amides is 3. The van der Waals surface area contributed by atoms with Crippen LogP contribution in [0.25, 0.3) is 0 Å². The van der Waals surface area contributed by atoms with Crippen LogP contribution in [0.2, 0.25) is 0 Å². The third-order valence-electron chi connectivity index (χ3n) is 2.46. The summed E-state index contributed by atoms with van der Waals surface area (Å²) in [6.45, 7) is 2.48. The number of hydrazine groups is 1. The van der Waals surface area contributed by atoms with Crippen molar-refractivity contribution in [3.8, 4) is 5.75 Å². The van der Waals surface area contributed by atoms with Crippen LogP contribution in [-0.4, -0.2) is 18.5 Å². The molecule has 0 fully saturated rings. The topological polar surface area (TPSA) is 79.5 Å². The van der Waals surface area contributed by atoms with Gasteiger partial charge in [0.1, 0.15) is 5.75 Å². The van der Waals surface area contributed by atoms with Crippen LogP contribution < -0.4 is 20.9 Å². The fraction of sp³-hybridized carbons (Fsp3) is 0.143. The van der Waals surface area contributed by atoms with E-state index in [0.717, 1.165) is 5.75 Å². The zero-order valence-electron chi connectivity index (χ0n) is 11.4. The first-order valence-electron chi connectivity index (χ1n) is 6.32. The first-order chi connectivity index (χ1) is 10.2. The SMILES string of the molecule is CCOc1ccc(NC(=O)NNC(=O)c2cccs2)cc1. The highest BCUT2D eigenvalue weighted by Crippen LogP contribution is 2.15. The van der Waals surface area contributed by atoms with Gasteiger partial charge in [0.25, 0.3) is 5.91 Å². The first-order valence-corrected chi connectivity index (χ1v) is 7.20. The maximum Gasteiger partial charge on any atom is 0.337 e. The largest absolute Gasteiger partial charge is 0.494 e. The van der Waals surface area contributed by atoms with Crippen LogP contribution in [0.3, 0.4) is 0 Å². The molecule has 0 aliphatic heterocycles. The first kappa shape index (κ1) is 14.9. The van der Waals surface area contributed by atoms with E-state index in [1.54, 1.807) is 41.8 Å². The summed E-state index contributed by atoms with van der Waals surface area (Å²) >= 11 is 1.30. The van der Waals surface area contributed by atoms with Crippen LogP contribution in [0.1, 0.15) is 16.6 Å². The average molecular weight is 305 g/mol. The summed E-state index contributed by atoms with van der Waals surface area (Å²) < 4.78 is 5.30. The Bertz CT molecular complexity index is 596. The minimum atomic E-state index is -0.524. The van der Waals surface area contributed by atoms with E-state index in [0.29, 0.717) is 17.2 Å². The lowest BCUT2D eigenvalue weighted by atomic mass is 10.3. The molecule has 7 heteroatoms. The molecular weight excluding hydrogens is 290 g/mol. The molecule has 3 N–H and O–H groups in total.